The van der Waals surface area contributed by atoms with Crippen molar-refractivity contribution in [1.82, 2.24) is 4.98 Å². The highest BCUT2D eigenvalue weighted by Crippen LogP contribution is 2.24. The van der Waals surface area contributed by atoms with Crippen molar-refractivity contribution in [2.24, 2.45) is 0 Å². The summed E-state index contributed by atoms with van der Waals surface area (Å²) in [5.41, 5.74) is -0.0715. The molecular formula is C9H11F2NO2S. The number of aryl methyl sites for hydroxylation is 1. The van der Waals surface area contributed by atoms with E-state index in [2.05, 4.69) is 4.98 Å². The van der Waals surface area contributed by atoms with Gasteiger partial charge in [-0.2, -0.15) is 0 Å². The van der Waals surface area contributed by atoms with Crippen molar-refractivity contribution in [3.05, 3.63) is 23.5 Å². The molecule has 0 unspecified atom stereocenters. The lowest BCUT2D eigenvalue weighted by molar-refractivity contribution is 0.149. The van der Waals surface area contributed by atoms with Crippen molar-refractivity contribution in [2.45, 2.75) is 24.7 Å². The van der Waals surface area contributed by atoms with Crippen LogP contribution in [0.5, 0.6) is 0 Å². The van der Waals surface area contributed by atoms with E-state index < -0.39 is 16.3 Å². The second-order valence-corrected chi connectivity index (χ2v) is 5.15. The van der Waals surface area contributed by atoms with Crippen molar-refractivity contribution in [1.29, 1.82) is 0 Å². The topological polar surface area (TPSA) is 47.0 Å². The largest absolute Gasteiger partial charge is 0.265 e. The summed E-state index contributed by atoms with van der Waals surface area (Å²) in [6, 6.07) is 0.992. The number of sulfone groups is 1. The number of nitrogens with zero attached hydrogens (tertiary/aromatic N) is 1. The van der Waals surface area contributed by atoms with Crippen LogP contribution in [0.4, 0.5) is 8.78 Å². The molecule has 0 N–H and O–H groups in total. The van der Waals surface area contributed by atoms with Crippen LogP contribution in [0.25, 0.3) is 0 Å². The van der Waals surface area contributed by atoms with Gasteiger partial charge >= 0.3 is 0 Å². The van der Waals surface area contributed by atoms with Gasteiger partial charge in [0.2, 0.25) is 0 Å². The van der Waals surface area contributed by atoms with Gasteiger partial charge in [0, 0.05) is 23.7 Å². The Morgan fingerprint density at radius 2 is 2.07 bits per heavy atom. The molecule has 0 aliphatic carbocycles. The summed E-state index contributed by atoms with van der Waals surface area (Å²) in [5.74, 6) is 0. The van der Waals surface area contributed by atoms with Crippen LogP contribution in [0, 0.1) is 0 Å². The lowest BCUT2D eigenvalue weighted by atomic mass is 10.1. The smallest absolute Gasteiger partial charge is 0.259 e. The number of rotatable bonds is 3. The fourth-order valence-corrected chi connectivity index (χ4v) is 1.76. The van der Waals surface area contributed by atoms with Gasteiger partial charge in [0.05, 0.1) is 4.90 Å². The van der Waals surface area contributed by atoms with E-state index in [1.165, 1.54) is 0 Å². The number of aromatic nitrogens is 1. The summed E-state index contributed by atoms with van der Waals surface area (Å²) >= 11 is 0. The number of alkyl halides is 2. The minimum atomic E-state index is -3.48. The van der Waals surface area contributed by atoms with Crippen LogP contribution >= 0.6 is 0 Å². The van der Waals surface area contributed by atoms with Crippen LogP contribution in [0.3, 0.4) is 0 Å². The Kier molecular flexibility index (Phi) is 3.38. The molecule has 1 heterocycles. The number of hydrogen-bond acceptors (Lipinski definition) is 3. The standard InChI is InChI=1S/C9H11F2NO2S/c1-3-8-7(9(10)11)4-6(5-12-8)15(2,13)14/h4-5,9H,3H2,1-2H3. The molecule has 3 nitrogen and oxygen atoms in total. The second-order valence-electron chi connectivity index (χ2n) is 3.13. The van der Waals surface area contributed by atoms with Crippen LogP contribution in [0.2, 0.25) is 0 Å². The Labute approximate surface area is 87.1 Å². The quantitative estimate of drug-likeness (QED) is 0.804. The molecule has 0 fully saturated rings. The molecule has 0 saturated carbocycles. The molecule has 6 heteroatoms. The highest BCUT2D eigenvalue weighted by Gasteiger charge is 2.17. The Hall–Kier alpha value is -1.04. The molecule has 1 rings (SSSR count). The molecule has 1 aromatic heterocycles. The Balaban J connectivity index is 3.35. The highest BCUT2D eigenvalue weighted by molar-refractivity contribution is 7.90. The van der Waals surface area contributed by atoms with Crippen LogP contribution in [-0.2, 0) is 16.3 Å². The molecule has 0 spiro atoms. The van der Waals surface area contributed by atoms with Crippen molar-refractivity contribution < 1.29 is 17.2 Å². The first kappa shape index (κ1) is 12.0. The number of pyridine rings is 1. The van der Waals surface area contributed by atoms with Crippen LogP contribution in [0.1, 0.15) is 24.6 Å². The summed E-state index contributed by atoms with van der Waals surface area (Å²) < 4.78 is 47.3. The van der Waals surface area contributed by atoms with Gasteiger partial charge in [-0.25, -0.2) is 17.2 Å². The third kappa shape index (κ3) is 2.71. The van der Waals surface area contributed by atoms with Crippen molar-refractivity contribution >= 4 is 9.84 Å². The molecule has 0 bridgehead atoms. The first-order chi connectivity index (χ1) is 6.86. The molecule has 0 aliphatic heterocycles. The SMILES string of the molecule is CCc1ncc(S(C)(=O)=O)cc1C(F)F. The molecule has 0 amide bonds. The van der Waals surface area contributed by atoms with E-state index in [0.29, 0.717) is 6.42 Å². The maximum atomic E-state index is 12.5. The van der Waals surface area contributed by atoms with E-state index in [-0.39, 0.29) is 16.2 Å². The minimum Gasteiger partial charge on any atom is -0.259 e. The molecule has 15 heavy (non-hydrogen) atoms. The molecule has 0 aliphatic rings. The second kappa shape index (κ2) is 4.22. The predicted octanol–water partition coefficient (Wildman–Crippen LogP) is 1.99. The highest BCUT2D eigenvalue weighted by atomic mass is 32.2. The van der Waals surface area contributed by atoms with Crippen LogP contribution < -0.4 is 0 Å². The summed E-state index contributed by atoms with van der Waals surface area (Å²) in [4.78, 5) is 3.55. The van der Waals surface area contributed by atoms with E-state index in [9.17, 15) is 17.2 Å². The summed E-state index contributed by atoms with van der Waals surface area (Å²) in [7, 11) is -3.48. The number of hydrogen-bond donors (Lipinski definition) is 0. The Morgan fingerprint density at radius 1 is 1.47 bits per heavy atom. The molecule has 0 radical (unpaired) electrons. The van der Waals surface area contributed by atoms with Gasteiger partial charge < -0.3 is 0 Å². The van der Waals surface area contributed by atoms with E-state index in [1.807, 2.05) is 0 Å². The van der Waals surface area contributed by atoms with Crippen molar-refractivity contribution in [2.75, 3.05) is 6.26 Å². The molecule has 0 saturated heterocycles. The first-order valence-electron chi connectivity index (χ1n) is 4.33. The molecular weight excluding hydrogens is 224 g/mol. The monoisotopic (exact) mass is 235 g/mol. The molecule has 84 valence electrons. The average molecular weight is 235 g/mol. The van der Waals surface area contributed by atoms with E-state index in [0.717, 1.165) is 18.5 Å². The zero-order valence-corrected chi connectivity index (χ0v) is 9.18. The summed E-state index contributed by atoms with van der Waals surface area (Å²) in [6.45, 7) is 1.69. The van der Waals surface area contributed by atoms with Crippen LogP contribution in [0.15, 0.2) is 17.2 Å². The van der Waals surface area contributed by atoms with Gasteiger partial charge in [0.15, 0.2) is 9.84 Å². The Morgan fingerprint density at radius 3 is 2.47 bits per heavy atom. The third-order valence-electron chi connectivity index (χ3n) is 1.98. The maximum absolute atomic E-state index is 12.5. The zero-order chi connectivity index (χ0) is 11.6. The van der Waals surface area contributed by atoms with Gasteiger partial charge in [0.25, 0.3) is 6.43 Å². The maximum Gasteiger partial charge on any atom is 0.265 e. The van der Waals surface area contributed by atoms with E-state index >= 15 is 0 Å². The normalized spacial score (nSPS) is 12.1. The zero-order valence-electron chi connectivity index (χ0n) is 8.37. The van der Waals surface area contributed by atoms with Crippen molar-refractivity contribution in [3.63, 3.8) is 0 Å². The lowest BCUT2D eigenvalue weighted by Crippen LogP contribution is -2.03. The van der Waals surface area contributed by atoms with Crippen molar-refractivity contribution in [3.8, 4) is 0 Å². The van der Waals surface area contributed by atoms with Gasteiger partial charge in [-0.1, -0.05) is 6.92 Å². The average Bonchev–Trinajstić information content (AvgIpc) is 2.15. The lowest BCUT2D eigenvalue weighted by Gasteiger charge is -2.07. The third-order valence-corrected chi connectivity index (χ3v) is 3.06. The minimum absolute atomic E-state index is 0.171. The number of halogens is 2. The van der Waals surface area contributed by atoms with Crippen LogP contribution in [-0.4, -0.2) is 19.7 Å². The van der Waals surface area contributed by atoms with E-state index in [1.54, 1.807) is 6.92 Å². The predicted molar refractivity (Wildman–Crippen MR) is 51.7 cm³/mol. The molecule has 0 atom stereocenters. The summed E-state index contributed by atoms with van der Waals surface area (Å²) in [6.07, 6.45) is -0.275. The van der Waals surface area contributed by atoms with Gasteiger partial charge in [-0.3, -0.25) is 4.98 Å². The summed E-state index contributed by atoms with van der Waals surface area (Å²) in [5, 5.41) is 0. The van der Waals surface area contributed by atoms with Gasteiger partial charge in [0.1, 0.15) is 0 Å². The molecule has 1 aromatic rings. The van der Waals surface area contributed by atoms with E-state index in [4.69, 9.17) is 0 Å². The first-order valence-corrected chi connectivity index (χ1v) is 6.22. The fourth-order valence-electron chi connectivity index (χ4n) is 1.18. The fraction of sp³-hybridized carbons (Fsp3) is 0.444. The Bertz CT molecular complexity index is 457. The van der Waals surface area contributed by atoms with Gasteiger partial charge in [-0.05, 0) is 12.5 Å². The van der Waals surface area contributed by atoms with Gasteiger partial charge in [-0.15, -0.1) is 0 Å². The molecule has 0 aromatic carbocycles.